The molecular formula is C16H18F3NO4. The maximum atomic E-state index is 12.6. The fourth-order valence-corrected chi connectivity index (χ4v) is 2.53. The minimum Gasteiger partial charge on any atom is -0.479 e. The fraction of sp³-hybridized carbons (Fsp3) is 0.500. The molecule has 1 aliphatic heterocycles. The maximum absolute atomic E-state index is 12.6. The molecule has 0 saturated carbocycles. The van der Waals surface area contributed by atoms with Crippen molar-refractivity contribution in [3.05, 3.63) is 35.4 Å². The number of hydrogen-bond donors (Lipinski definition) is 1. The SMILES string of the molecule is CC(CC(=O)N1CCOC(C(=O)O)C1)c1ccc(C(F)(F)F)cc1. The molecule has 132 valence electrons. The molecule has 1 aromatic rings. The number of hydrogen-bond acceptors (Lipinski definition) is 3. The second-order valence-corrected chi connectivity index (χ2v) is 5.76. The Morgan fingerprint density at radius 1 is 1.33 bits per heavy atom. The van der Waals surface area contributed by atoms with Crippen molar-refractivity contribution < 1.29 is 32.6 Å². The van der Waals surface area contributed by atoms with Gasteiger partial charge in [-0.15, -0.1) is 0 Å². The van der Waals surface area contributed by atoms with Gasteiger partial charge in [0, 0.05) is 13.0 Å². The van der Waals surface area contributed by atoms with Gasteiger partial charge in [-0.2, -0.15) is 13.2 Å². The zero-order valence-corrected chi connectivity index (χ0v) is 13.0. The molecule has 1 amide bonds. The van der Waals surface area contributed by atoms with Crippen molar-refractivity contribution in [2.45, 2.75) is 31.5 Å². The van der Waals surface area contributed by atoms with Gasteiger partial charge in [0.15, 0.2) is 6.10 Å². The average Bonchev–Trinajstić information content (AvgIpc) is 2.54. The first-order chi connectivity index (χ1) is 11.2. The van der Waals surface area contributed by atoms with Gasteiger partial charge in [-0.05, 0) is 23.6 Å². The van der Waals surface area contributed by atoms with E-state index in [-0.39, 0.29) is 31.4 Å². The lowest BCUT2D eigenvalue weighted by atomic mass is 9.96. The molecule has 0 radical (unpaired) electrons. The van der Waals surface area contributed by atoms with Crippen molar-refractivity contribution >= 4 is 11.9 Å². The molecule has 1 aromatic carbocycles. The van der Waals surface area contributed by atoms with Gasteiger partial charge in [-0.25, -0.2) is 4.79 Å². The largest absolute Gasteiger partial charge is 0.479 e. The Labute approximate surface area is 137 Å². The number of carbonyl (C=O) groups is 2. The van der Waals surface area contributed by atoms with E-state index in [4.69, 9.17) is 9.84 Å². The van der Waals surface area contributed by atoms with Crippen LogP contribution in [0, 0.1) is 0 Å². The van der Waals surface area contributed by atoms with Crippen molar-refractivity contribution in [2.75, 3.05) is 19.7 Å². The molecule has 1 aliphatic rings. The highest BCUT2D eigenvalue weighted by Gasteiger charge is 2.31. The van der Waals surface area contributed by atoms with E-state index in [9.17, 15) is 22.8 Å². The number of morpholine rings is 1. The van der Waals surface area contributed by atoms with Crippen LogP contribution in [0.2, 0.25) is 0 Å². The van der Waals surface area contributed by atoms with Crippen LogP contribution in [-0.4, -0.2) is 47.7 Å². The van der Waals surface area contributed by atoms with Crippen LogP contribution in [0.4, 0.5) is 13.2 Å². The van der Waals surface area contributed by atoms with Crippen molar-refractivity contribution in [1.29, 1.82) is 0 Å². The predicted molar refractivity (Wildman–Crippen MR) is 78.4 cm³/mol. The van der Waals surface area contributed by atoms with Gasteiger partial charge in [0.05, 0.1) is 18.7 Å². The quantitative estimate of drug-likeness (QED) is 0.911. The van der Waals surface area contributed by atoms with Gasteiger partial charge >= 0.3 is 12.1 Å². The summed E-state index contributed by atoms with van der Waals surface area (Å²) in [5, 5.41) is 8.93. The molecule has 0 bridgehead atoms. The second kappa shape index (κ2) is 7.21. The summed E-state index contributed by atoms with van der Waals surface area (Å²) in [5.41, 5.74) is -0.110. The normalized spacial score (nSPS) is 19.8. The van der Waals surface area contributed by atoms with E-state index in [0.29, 0.717) is 12.1 Å². The summed E-state index contributed by atoms with van der Waals surface area (Å²) in [6.45, 7) is 2.18. The topological polar surface area (TPSA) is 66.8 Å². The Balaban J connectivity index is 1.97. The van der Waals surface area contributed by atoms with Gasteiger partial charge < -0.3 is 14.7 Å². The molecule has 24 heavy (non-hydrogen) atoms. The molecule has 1 heterocycles. The number of amides is 1. The highest BCUT2D eigenvalue weighted by molar-refractivity contribution is 5.79. The monoisotopic (exact) mass is 345 g/mol. The number of carboxylic acid groups (broad SMARTS) is 1. The molecule has 2 atom stereocenters. The lowest BCUT2D eigenvalue weighted by Gasteiger charge is -2.31. The Bertz CT molecular complexity index is 600. The number of carboxylic acids is 1. The maximum Gasteiger partial charge on any atom is 0.416 e. The summed E-state index contributed by atoms with van der Waals surface area (Å²) in [4.78, 5) is 24.6. The van der Waals surface area contributed by atoms with E-state index in [2.05, 4.69) is 0 Å². The lowest BCUT2D eigenvalue weighted by Crippen LogP contribution is -2.48. The second-order valence-electron chi connectivity index (χ2n) is 5.76. The Hall–Kier alpha value is -2.09. The number of carbonyl (C=O) groups excluding carboxylic acids is 1. The Morgan fingerprint density at radius 3 is 2.50 bits per heavy atom. The van der Waals surface area contributed by atoms with Crippen LogP contribution in [0.5, 0.6) is 0 Å². The highest BCUT2D eigenvalue weighted by Crippen LogP contribution is 2.30. The van der Waals surface area contributed by atoms with Gasteiger partial charge in [-0.1, -0.05) is 19.1 Å². The van der Waals surface area contributed by atoms with Gasteiger partial charge in [0.2, 0.25) is 5.91 Å². The van der Waals surface area contributed by atoms with Crippen molar-refractivity contribution in [3.63, 3.8) is 0 Å². The third-order valence-corrected chi connectivity index (χ3v) is 3.98. The smallest absolute Gasteiger partial charge is 0.416 e. The number of benzene rings is 1. The summed E-state index contributed by atoms with van der Waals surface area (Å²) >= 11 is 0. The summed E-state index contributed by atoms with van der Waals surface area (Å²) in [6, 6.07) is 4.71. The van der Waals surface area contributed by atoms with Gasteiger partial charge in [-0.3, -0.25) is 4.79 Å². The third kappa shape index (κ3) is 4.47. The van der Waals surface area contributed by atoms with Crippen LogP contribution in [0.25, 0.3) is 0 Å². The zero-order chi connectivity index (χ0) is 17.9. The minimum absolute atomic E-state index is 0.0199. The standard InChI is InChI=1S/C16H18F3NO4/c1-10(11-2-4-12(5-3-11)16(17,18)19)8-14(21)20-6-7-24-13(9-20)15(22)23/h2-5,10,13H,6-9H2,1H3,(H,22,23). The van der Waals surface area contributed by atoms with Gasteiger partial charge in [0.1, 0.15) is 0 Å². The van der Waals surface area contributed by atoms with Crippen LogP contribution in [-0.2, 0) is 20.5 Å². The average molecular weight is 345 g/mol. The van der Waals surface area contributed by atoms with Crippen LogP contribution < -0.4 is 0 Å². The summed E-state index contributed by atoms with van der Waals surface area (Å²) in [6.07, 6.45) is -5.33. The van der Waals surface area contributed by atoms with E-state index in [1.807, 2.05) is 0 Å². The lowest BCUT2D eigenvalue weighted by molar-refractivity contribution is -0.159. The highest BCUT2D eigenvalue weighted by atomic mass is 19.4. The molecule has 2 unspecified atom stereocenters. The van der Waals surface area contributed by atoms with E-state index in [0.717, 1.165) is 12.1 Å². The van der Waals surface area contributed by atoms with E-state index in [1.54, 1.807) is 6.92 Å². The molecule has 0 aromatic heterocycles. The fourth-order valence-electron chi connectivity index (χ4n) is 2.53. The molecular weight excluding hydrogens is 327 g/mol. The molecule has 1 N–H and O–H groups in total. The van der Waals surface area contributed by atoms with Crippen LogP contribution in [0.3, 0.4) is 0 Å². The first-order valence-corrected chi connectivity index (χ1v) is 7.48. The predicted octanol–water partition coefficient (Wildman–Crippen LogP) is 2.51. The van der Waals surface area contributed by atoms with E-state index >= 15 is 0 Å². The van der Waals surface area contributed by atoms with Crippen LogP contribution >= 0.6 is 0 Å². The molecule has 0 spiro atoms. The zero-order valence-electron chi connectivity index (χ0n) is 13.0. The van der Waals surface area contributed by atoms with E-state index < -0.39 is 23.8 Å². The summed E-state index contributed by atoms with van der Waals surface area (Å²) in [7, 11) is 0. The number of rotatable bonds is 4. The first-order valence-electron chi connectivity index (χ1n) is 7.48. The summed E-state index contributed by atoms with van der Waals surface area (Å²) in [5.74, 6) is -1.63. The van der Waals surface area contributed by atoms with Crippen LogP contribution in [0.1, 0.15) is 30.4 Å². The molecule has 5 nitrogen and oxygen atoms in total. The van der Waals surface area contributed by atoms with Crippen molar-refractivity contribution in [3.8, 4) is 0 Å². The summed E-state index contributed by atoms with van der Waals surface area (Å²) < 4.78 is 42.7. The third-order valence-electron chi connectivity index (χ3n) is 3.98. The molecule has 8 heteroatoms. The molecule has 1 fully saturated rings. The Morgan fingerprint density at radius 2 is 1.96 bits per heavy atom. The Kier molecular flexibility index (Phi) is 5.48. The molecule has 1 saturated heterocycles. The van der Waals surface area contributed by atoms with E-state index in [1.165, 1.54) is 17.0 Å². The van der Waals surface area contributed by atoms with Crippen molar-refractivity contribution in [1.82, 2.24) is 4.90 Å². The number of halogens is 3. The van der Waals surface area contributed by atoms with Crippen molar-refractivity contribution in [2.24, 2.45) is 0 Å². The number of ether oxygens (including phenoxy) is 1. The first kappa shape index (κ1) is 18.3. The van der Waals surface area contributed by atoms with Crippen LogP contribution in [0.15, 0.2) is 24.3 Å². The number of nitrogens with zero attached hydrogens (tertiary/aromatic N) is 1. The number of alkyl halides is 3. The minimum atomic E-state index is -4.39. The van der Waals surface area contributed by atoms with Gasteiger partial charge in [0.25, 0.3) is 0 Å². The molecule has 0 aliphatic carbocycles. The molecule has 2 rings (SSSR count). The number of aliphatic carboxylic acids is 1.